The summed E-state index contributed by atoms with van der Waals surface area (Å²) in [4.78, 5) is 24.2. The van der Waals surface area contributed by atoms with Crippen LogP contribution in [-0.2, 0) is 4.79 Å². The molecule has 3 saturated carbocycles. The number of H-pyrrole nitrogens is 1. The number of carbonyl (C=O) groups is 1. The molecule has 0 aliphatic heterocycles. The van der Waals surface area contributed by atoms with Gasteiger partial charge < -0.3 is 10.4 Å². The van der Waals surface area contributed by atoms with Gasteiger partial charge in [-0.1, -0.05) is 6.42 Å². The topological polar surface area (TPSA) is 117 Å². The smallest absolute Gasteiger partial charge is 0.308 e. The zero-order chi connectivity index (χ0) is 20.8. The van der Waals surface area contributed by atoms with Crippen LogP contribution in [0.3, 0.4) is 0 Å². The van der Waals surface area contributed by atoms with Crippen LogP contribution >= 0.6 is 0 Å². The van der Waals surface area contributed by atoms with Crippen molar-refractivity contribution in [1.29, 1.82) is 0 Å². The second-order valence-electron chi connectivity index (χ2n) is 8.08. The van der Waals surface area contributed by atoms with Crippen molar-refractivity contribution < 1.29 is 18.7 Å². The minimum absolute atomic E-state index is 0.0593. The number of fused-ring (bicyclic) bond motifs is 5. The van der Waals surface area contributed by atoms with Crippen LogP contribution in [-0.4, -0.2) is 42.3 Å². The van der Waals surface area contributed by atoms with Crippen molar-refractivity contribution in [3.8, 4) is 11.5 Å². The molecule has 3 unspecified atom stereocenters. The van der Waals surface area contributed by atoms with Gasteiger partial charge in [0.25, 0.3) is 0 Å². The number of nitrogens with one attached hydrogen (secondary N) is 2. The van der Waals surface area contributed by atoms with Crippen LogP contribution in [0.25, 0.3) is 22.6 Å². The number of hydrogen-bond donors (Lipinski definition) is 3. The van der Waals surface area contributed by atoms with Gasteiger partial charge in [0, 0.05) is 6.04 Å². The highest BCUT2D eigenvalue weighted by Crippen LogP contribution is 2.44. The van der Waals surface area contributed by atoms with Crippen LogP contribution in [0.15, 0.2) is 18.5 Å². The van der Waals surface area contributed by atoms with E-state index in [2.05, 4.69) is 30.5 Å². The molecule has 2 bridgehead atoms. The minimum atomic E-state index is -0.861. The molecule has 156 valence electrons. The Morgan fingerprint density at radius 3 is 2.77 bits per heavy atom. The van der Waals surface area contributed by atoms with Gasteiger partial charge in [0.15, 0.2) is 23.1 Å². The summed E-state index contributed by atoms with van der Waals surface area (Å²) in [6.07, 6.45) is 6.65. The van der Waals surface area contributed by atoms with Gasteiger partial charge in [0.2, 0.25) is 0 Å². The summed E-state index contributed by atoms with van der Waals surface area (Å²) in [6, 6.07) is 0.852. The molecule has 6 rings (SSSR count). The predicted octanol–water partition coefficient (Wildman–Crippen LogP) is 3.38. The minimum Gasteiger partial charge on any atom is -0.481 e. The average Bonchev–Trinajstić information content (AvgIpc) is 2.89. The lowest BCUT2D eigenvalue weighted by Gasteiger charge is -2.38. The van der Waals surface area contributed by atoms with E-state index in [1.165, 1.54) is 6.07 Å². The number of nitrogens with zero attached hydrogens (tertiary/aromatic N) is 4. The second kappa shape index (κ2) is 7.26. The molecule has 3 aromatic rings. The third-order valence-corrected chi connectivity index (χ3v) is 6.39. The van der Waals surface area contributed by atoms with Crippen LogP contribution in [0.2, 0.25) is 0 Å². The molecule has 3 N–H and O–H groups in total. The fourth-order valence-corrected chi connectivity index (χ4v) is 5.02. The summed E-state index contributed by atoms with van der Waals surface area (Å²) in [5.74, 6) is -2.37. The van der Waals surface area contributed by atoms with E-state index in [-0.39, 0.29) is 23.5 Å². The van der Waals surface area contributed by atoms with E-state index in [4.69, 9.17) is 0 Å². The Balaban J connectivity index is 1.52. The molecule has 0 saturated heterocycles. The fraction of sp³-hybridized carbons (Fsp3) is 0.450. The zero-order valence-electron chi connectivity index (χ0n) is 16.0. The molecule has 0 spiro atoms. The first-order valence-electron chi connectivity index (χ1n) is 10.0. The molecular weight excluding hydrogens is 394 g/mol. The maximum absolute atomic E-state index is 14.6. The Morgan fingerprint density at radius 2 is 1.93 bits per heavy atom. The number of halogens is 2. The van der Waals surface area contributed by atoms with E-state index in [0.717, 1.165) is 44.5 Å². The molecule has 30 heavy (non-hydrogen) atoms. The Morgan fingerprint density at radius 1 is 1.13 bits per heavy atom. The Kier molecular flexibility index (Phi) is 4.56. The summed E-state index contributed by atoms with van der Waals surface area (Å²) in [6.45, 7) is 0. The number of rotatable bonds is 4. The van der Waals surface area contributed by atoms with E-state index in [9.17, 15) is 18.7 Å². The van der Waals surface area contributed by atoms with E-state index in [0.29, 0.717) is 16.7 Å². The lowest BCUT2D eigenvalue weighted by atomic mass is 9.71. The van der Waals surface area contributed by atoms with E-state index < -0.39 is 29.6 Å². The van der Waals surface area contributed by atoms with Crippen LogP contribution in [0.4, 0.5) is 14.6 Å². The third-order valence-electron chi connectivity index (χ3n) is 6.39. The number of pyridine rings is 1. The second-order valence-corrected chi connectivity index (χ2v) is 8.08. The molecule has 3 heterocycles. The molecular formula is C20H20F2N6O2. The monoisotopic (exact) mass is 414 g/mol. The zero-order valence-corrected chi connectivity index (χ0v) is 16.0. The van der Waals surface area contributed by atoms with Crippen molar-refractivity contribution in [3.05, 3.63) is 30.1 Å². The third kappa shape index (κ3) is 3.16. The average molecular weight is 414 g/mol. The summed E-state index contributed by atoms with van der Waals surface area (Å²) >= 11 is 0. The molecule has 0 amide bonds. The SMILES string of the molecule is O=C(O)C1C2CCCC(CC2)[C@H]1Nc1nc(-c2[nH]nc3ncc(F)cc23)ncc1F. The van der Waals surface area contributed by atoms with Gasteiger partial charge in [-0.25, -0.2) is 23.7 Å². The first-order chi connectivity index (χ1) is 14.5. The molecule has 10 heteroatoms. The number of anilines is 1. The lowest BCUT2D eigenvalue weighted by molar-refractivity contribution is -0.145. The van der Waals surface area contributed by atoms with Crippen molar-refractivity contribution >= 4 is 22.8 Å². The molecule has 0 aromatic carbocycles. The Hall–Kier alpha value is -3.17. The maximum Gasteiger partial charge on any atom is 0.308 e. The predicted molar refractivity (Wildman–Crippen MR) is 103 cm³/mol. The van der Waals surface area contributed by atoms with Gasteiger partial charge in [-0.05, 0) is 43.6 Å². The highest BCUT2D eigenvalue weighted by Gasteiger charge is 2.45. The van der Waals surface area contributed by atoms with Crippen LogP contribution < -0.4 is 5.32 Å². The number of carboxylic acid groups (broad SMARTS) is 1. The molecule has 3 fully saturated rings. The van der Waals surface area contributed by atoms with Gasteiger partial charge >= 0.3 is 5.97 Å². The van der Waals surface area contributed by atoms with Crippen molar-refractivity contribution in [2.75, 3.05) is 5.32 Å². The van der Waals surface area contributed by atoms with Crippen molar-refractivity contribution in [2.24, 2.45) is 17.8 Å². The van der Waals surface area contributed by atoms with Gasteiger partial charge in [-0.3, -0.25) is 9.89 Å². The first kappa shape index (κ1) is 18.8. The quantitative estimate of drug-likeness (QED) is 0.599. The van der Waals surface area contributed by atoms with E-state index in [1.54, 1.807) is 0 Å². The molecule has 3 aliphatic carbocycles. The van der Waals surface area contributed by atoms with Crippen LogP contribution in [0.5, 0.6) is 0 Å². The van der Waals surface area contributed by atoms with Gasteiger partial charge in [0.1, 0.15) is 11.5 Å². The van der Waals surface area contributed by atoms with Gasteiger partial charge in [-0.2, -0.15) is 5.10 Å². The molecule has 0 radical (unpaired) electrons. The number of aliphatic carboxylic acids is 1. The Labute approximate surface area is 170 Å². The standard InChI is InChI=1S/C20H20F2N6O2/c21-11-6-12-16(27-28-17(12)23-7-11)19-24-8-13(22)18(26-19)25-15-10-3-1-2-9(4-5-10)14(15)20(29)30/h6-10,14-15H,1-5H2,(H,29,30)(H,23,27,28)(H,24,25,26)/t9?,10?,14?,15-/m1/s1. The summed E-state index contributed by atoms with van der Waals surface area (Å²) in [5, 5.41) is 20.0. The summed E-state index contributed by atoms with van der Waals surface area (Å²) < 4.78 is 28.2. The summed E-state index contributed by atoms with van der Waals surface area (Å²) in [5.41, 5.74) is 0.609. The number of aromatic amines is 1. The molecule has 8 nitrogen and oxygen atoms in total. The molecule has 4 atom stereocenters. The molecule has 3 aromatic heterocycles. The number of aromatic nitrogens is 5. The maximum atomic E-state index is 14.6. The van der Waals surface area contributed by atoms with Crippen LogP contribution in [0, 0.1) is 29.4 Å². The highest BCUT2D eigenvalue weighted by atomic mass is 19.1. The van der Waals surface area contributed by atoms with Crippen molar-refractivity contribution in [1.82, 2.24) is 25.1 Å². The van der Waals surface area contributed by atoms with Crippen molar-refractivity contribution in [2.45, 2.75) is 38.1 Å². The largest absolute Gasteiger partial charge is 0.481 e. The number of hydrogen-bond acceptors (Lipinski definition) is 6. The van der Waals surface area contributed by atoms with Gasteiger partial charge in [-0.15, -0.1) is 0 Å². The highest BCUT2D eigenvalue weighted by molar-refractivity contribution is 5.88. The normalized spacial score (nSPS) is 25.9. The first-order valence-corrected chi connectivity index (χ1v) is 10.0. The molecule has 3 aliphatic rings. The number of carboxylic acids is 1. The lowest BCUT2D eigenvalue weighted by Crippen LogP contribution is -2.46. The van der Waals surface area contributed by atoms with E-state index in [1.807, 2.05) is 0 Å². The summed E-state index contributed by atoms with van der Waals surface area (Å²) in [7, 11) is 0. The Bertz CT molecular complexity index is 1120. The van der Waals surface area contributed by atoms with E-state index >= 15 is 0 Å². The van der Waals surface area contributed by atoms with Crippen molar-refractivity contribution in [3.63, 3.8) is 0 Å². The van der Waals surface area contributed by atoms with Gasteiger partial charge in [0.05, 0.1) is 23.7 Å². The fourth-order valence-electron chi connectivity index (χ4n) is 5.02. The van der Waals surface area contributed by atoms with Crippen LogP contribution in [0.1, 0.15) is 32.1 Å².